The molecule has 0 spiro atoms. The van der Waals surface area contributed by atoms with Gasteiger partial charge in [-0.05, 0) is 30.7 Å². The van der Waals surface area contributed by atoms with Crippen LogP contribution in [0.3, 0.4) is 0 Å². The maximum atomic E-state index is 12.1. The average Bonchev–Trinajstić information content (AvgIpc) is 3.28. The Labute approximate surface area is 176 Å². The number of carbonyl (C=O) groups is 1. The Morgan fingerprint density at radius 3 is 2.79 bits per heavy atom. The zero-order chi connectivity index (χ0) is 20.2. The lowest BCUT2D eigenvalue weighted by Gasteiger charge is -2.09. The van der Waals surface area contributed by atoms with Gasteiger partial charge in [0.1, 0.15) is 0 Å². The highest BCUT2D eigenvalue weighted by Crippen LogP contribution is 2.27. The maximum absolute atomic E-state index is 12.1. The van der Waals surface area contributed by atoms with Gasteiger partial charge < -0.3 is 13.8 Å². The lowest BCUT2D eigenvalue weighted by atomic mass is 10.2. The van der Waals surface area contributed by atoms with Gasteiger partial charge in [0.2, 0.25) is 0 Å². The van der Waals surface area contributed by atoms with Gasteiger partial charge in [0.25, 0.3) is 5.89 Å². The second-order valence-corrected chi connectivity index (χ2v) is 7.66. The Bertz CT molecular complexity index is 1140. The molecule has 7 nitrogen and oxygen atoms in total. The fraction of sp³-hybridized carbons (Fsp3) is 0.200. The fourth-order valence-corrected chi connectivity index (χ4v) is 3.79. The summed E-state index contributed by atoms with van der Waals surface area (Å²) in [6.45, 7) is 2.29. The number of rotatable bonds is 7. The molecule has 2 aromatic carbocycles. The van der Waals surface area contributed by atoms with E-state index in [0.717, 1.165) is 21.8 Å². The number of fused-ring (bicyclic) bond motifs is 1. The van der Waals surface area contributed by atoms with Crippen LogP contribution in [0.1, 0.15) is 17.3 Å². The van der Waals surface area contributed by atoms with Gasteiger partial charge in [-0.25, -0.2) is 4.98 Å². The summed E-state index contributed by atoms with van der Waals surface area (Å²) in [4.78, 5) is 20.8. The van der Waals surface area contributed by atoms with E-state index in [9.17, 15) is 4.79 Å². The minimum atomic E-state index is -0.387. The number of aromatic nitrogens is 4. The van der Waals surface area contributed by atoms with E-state index in [1.54, 1.807) is 6.92 Å². The van der Waals surface area contributed by atoms with Crippen molar-refractivity contribution < 1.29 is 14.1 Å². The van der Waals surface area contributed by atoms with Gasteiger partial charge >= 0.3 is 5.97 Å². The minimum Gasteiger partial charge on any atom is -0.455 e. The van der Waals surface area contributed by atoms with E-state index < -0.39 is 0 Å². The smallest absolute Gasteiger partial charge is 0.316 e. The van der Waals surface area contributed by atoms with Crippen molar-refractivity contribution in [1.82, 2.24) is 19.7 Å². The van der Waals surface area contributed by atoms with Gasteiger partial charge in [-0.2, -0.15) is 4.98 Å². The van der Waals surface area contributed by atoms with Gasteiger partial charge in [-0.3, -0.25) is 4.79 Å². The van der Waals surface area contributed by atoms with E-state index in [1.165, 1.54) is 11.8 Å². The Hall–Kier alpha value is -2.84. The Morgan fingerprint density at radius 1 is 1.21 bits per heavy atom. The number of halogens is 1. The lowest BCUT2D eigenvalue weighted by Crippen LogP contribution is -2.09. The van der Waals surface area contributed by atoms with Crippen molar-refractivity contribution in [1.29, 1.82) is 0 Å². The number of imidazole rings is 1. The zero-order valence-corrected chi connectivity index (χ0v) is 17.1. The molecule has 0 atom stereocenters. The molecule has 0 saturated heterocycles. The van der Waals surface area contributed by atoms with Crippen LogP contribution >= 0.6 is 23.4 Å². The van der Waals surface area contributed by atoms with E-state index in [2.05, 4.69) is 31.8 Å². The molecular formula is C20H17ClN4O3S. The highest BCUT2D eigenvalue weighted by atomic mass is 35.5. The van der Waals surface area contributed by atoms with Crippen LogP contribution in [0, 0.1) is 6.92 Å². The molecule has 29 heavy (non-hydrogen) atoms. The molecule has 0 saturated carbocycles. The number of aryl methyl sites for hydroxylation is 1. The van der Waals surface area contributed by atoms with Gasteiger partial charge in [0.05, 0.1) is 23.3 Å². The van der Waals surface area contributed by atoms with E-state index >= 15 is 0 Å². The third-order valence-corrected chi connectivity index (χ3v) is 5.29. The number of nitrogens with zero attached hydrogens (tertiary/aromatic N) is 4. The predicted octanol–water partition coefficient (Wildman–Crippen LogP) is 4.26. The number of ether oxygens (including phenoxy) is 1. The Kier molecular flexibility index (Phi) is 5.82. The SMILES string of the molecule is Cc1noc(COC(=O)CSc2nc3cc(Cl)ccc3n2Cc2ccccc2)n1. The van der Waals surface area contributed by atoms with Crippen LogP contribution in [-0.4, -0.2) is 31.4 Å². The van der Waals surface area contributed by atoms with Gasteiger partial charge in [0, 0.05) is 5.02 Å². The van der Waals surface area contributed by atoms with Crippen LogP contribution in [0.4, 0.5) is 0 Å². The molecule has 9 heteroatoms. The molecule has 0 unspecified atom stereocenters. The van der Waals surface area contributed by atoms with Crippen LogP contribution in [0.2, 0.25) is 5.02 Å². The summed E-state index contributed by atoms with van der Waals surface area (Å²) < 4.78 is 12.2. The first-order valence-corrected chi connectivity index (χ1v) is 10.2. The largest absolute Gasteiger partial charge is 0.455 e. The third kappa shape index (κ3) is 4.78. The van der Waals surface area contributed by atoms with Crippen LogP contribution < -0.4 is 0 Å². The summed E-state index contributed by atoms with van der Waals surface area (Å²) >= 11 is 7.43. The number of thioether (sulfide) groups is 1. The second-order valence-electron chi connectivity index (χ2n) is 6.28. The average molecular weight is 429 g/mol. The summed E-state index contributed by atoms with van der Waals surface area (Å²) in [7, 11) is 0. The van der Waals surface area contributed by atoms with Gasteiger partial charge in [-0.15, -0.1) is 0 Å². The van der Waals surface area contributed by atoms with Crippen molar-refractivity contribution in [3.63, 3.8) is 0 Å². The Balaban J connectivity index is 1.49. The number of esters is 1. The molecule has 0 amide bonds. The highest BCUT2D eigenvalue weighted by molar-refractivity contribution is 7.99. The quantitative estimate of drug-likeness (QED) is 0.321. The number of hydrogen-bond donors (Lipinski definition) is 0. The number of benzene rings is 2. The maximum Gasteiger partial charge on any atom is 0.316 e. The van der Waals surface area contributed by atoms with Gasteiger partial charge in [0.15, 0.2) is 17.6 Å². The monoisotopic (exact) mass is 428 g/mol. The van der Waals surface area contributed by atoms with Crippen molar-refractivity contribution in [2.75, 3.05) is 5.75 Å². The predicted molar refractivity (Wildman–Crippen MR) is 110 cm³/mol. The first kappa shape index (κ1) is 19.5. The molecule has 2 heterocycles. The molecule has 0 N–H and O–H groups in total. The minimum absolute atomic E-state index is 0.0454. The van der Waals surface area contributed by atoms with Crippen molar-refractivity contribution in [2.45, 2.75) is 25.2 Å². The summed E-state index contributed by atoms with van der Waals surface area (Å²) in [5, 5.41) is 5.00. The second kappa shape index (κ2) is 8.67. The molecule has 0 aliphatic heterocycles. The normalized spacial score (nSPS) is 11.1. The van der Waals surface area contributed by atoms with E-state index in [1.807, 2.05) is 36.4 Å². The zero-order valence-electron chi connectivity index (χ0n) is 15.5. The van der Waals surface area contributed by atoms with E-state index in [4.69, 9.17) is 20.9 Å². The molecular weight excluding hydrogens is 412 g/mol. The molecule has 4 aromatic rings. The van der Waals surface area contributed by atoms with Gasteiger partial charge in [-0.1, -0.05) is 58.9 Å². The molecule has 148 valence electrons. The van der Waals surface area contributed by atoms with Crippen LogP contribution in [0.25, 0.3) is 11.0 Å². The molecule has 0 aliphatic carbocycles. The third-order valence-electron chi connectivity index (χ3n) is 4.10. The Morgan fingerprint density at radius 2 is 2.03 bits per heavy atom. The fourth-order valence-electron chi connectivity index (χ4n) is 2.82. The first-order valence-electron chi connectivity index (χ1n) is 8.86. The lowest BCUT2D eigenvalue weighted by molar-refractivity contribution is -0.142. The van der Waals surface area contributed by atoms with Crippen LogP contribution in [-0.2, 0) is 22.7 Å². The summed E-state index contributed by atoms with van der Waals surface area (Å²) in [6.07, 6.45) is 0. The van der Waals surface area contributed by atoms with Crippen molar-refractivity contribution >= 4 is 40.4 Å². The number of carbonyl (C=O) groups excluding carboxylic acids is 1. The van der Waals surface area contributed by atoms with E-state index in [0.29, 0.717) is 17.4 Å². The summed E-state index contributed by atoms with van der Waals surface area (Å²) in [5.74, 6) is 0.492. The standard InChI is InChI=1S/C20H17ClN4O3S/c1-13-22-18(28-24-13)11-27-19(26)12-29-20-23-16-9-15(21)7-8-17(16)25(20)10-14-5-3-2-4-6-14/h2-9H,10-12H2,1H3. The molecule has 4 rings (SSSR count). The number of hydrogen-bond acceptors (Lipinski definition) is 7. The highest BCUT2D eigenvalue weighted by Gasteiger charge is 2.15. The van der Waals surface area contributed by atoms with E-state index in [-0.39, 0.29) is 24.2 Å². The molecule has 2 aromatic heterocycles. The summed E-state index contributed by atoms with van der Waals surface area (Å²) in [5.41, 5.74) is 2.87. The molecule has 0 bridgehead atoms. The topological polar surface area (TPSA) is 83.0 Å². The molecule has 0 radical (unpaired) electrons. The van der Waals surface area contributed by atoms with Crippen LogP contribution in [0.15, 0.2) is 58.2 Å². The van der Waals surface area contributed by atoms with Crippen molar-refractivity contribution in [3.05, 3.63) is 70.8 Å². The molecule has 0 fully saturated rings. The summed E-state index contributed by atoms with van der Waals surface area (Å²) in [6, 6.07) is 15.7. The van der Waals surface area contributed by atoms with Crippen LogP contribution in [0.5, 0.6) is 0 Å². The molecule has 0 aliphatic rings. The van der Waals surface area contributed by atoms with Crippen molar-refractivity contribution in [3.8, 4) is 0 Å². The van der Waals surface area contributed by atoms with Crippen molar-refractivity contribution in [2.24, 2.45) is 0 Å². The first-order chi connectivity index (χ1) is 14.1.